The molecule has 0 bridgehead atoms. The first kappa shape index (κ1) is 28.5. The van der Waals surface area contributed by atoms with Crippen molar-refractivity contribution in [3.63, 3.8) is 0 Å². The first-order valence-corrected chi connectivity index (χ1v) is 15.4. The van der Waals surface area contributed by atoms with Crippen LogP contribution in [0.5, 0.6) is 17.4 Å². The van der Waals surface area contributed by atoms with Gasteiger partial charge in [0.1, 0.15) is 0 Å². The summed E-state index contributed by atoms with van der Waals surface area (Å²) < 4.78 is 46.9. The summed E-state index contributed by atoms with van der Waals surface area (Å²) in [5.41, 5.74) is 2.08. The van der Waals surface area contributed by atoms with Gasteiger partial charge >= 0.3 is 10.3 Å². The molecule has 40 heavy (non-hydrogen) atoms. The van der Waals surface area contributed by atoms with E-state index < -0.39 is 10.3 Å². The van der Waals surface area contributed by atoms with Gasteiger partial charge in [0.25, 0.3) is 0 Å². The number of hydrogen-bond acceptors (Lipinski definition) is 7. The molecule has 2 aromatic carbocycles. The highest BCUT2D eigenvalue weighted by molar-refractivity contribution is 7.83. The monoisotopic (exact) mass is 572 g/mol. The number of likely N-dealkylation sites (N-methyl/N-ethyl adjacent to an activating group) is 1. The third kappa shape index (κ3) is 5.74. The normalized spacial score (nSPS) is 18.8. The Morgan fingerprint density at radius 3 is 2.27 bits per heavy atom. The van der Waals surface area contributed by atoms with E-state index in [1.54, 1.807) is 14.2 Å². The molecule has 2 saturated heterocycles. The molecule has 11 heteroatoms. The van der Waals surface area contributed by atoms with E-state index in [2.05, 4.69) is 29.0 Å². The summed E-state index contributed by atoms with van der Waals surface area (Å²) in [7, 11) is -0.987. The van der Waals surface area contributed by atoms with Gasteiger partial charge in [-0.05, 0) is 61.6 Å². The molecule has 1 atom stereocenters. The van der Waals surface area contributed by atoms with Crippen LogP contribution >= 0.6 is 0 Å². The highest BCUT2D eigenvalue weighted by atomic mass is 32.2. The van der Waals surface area contributed by atoms with Crippen LogP contribution in [0.2, 0.25) is 0 Å². The van der Waals surface area contributed by atoms with Crippen molar-refractivity contribution in [3.8, 4) is 17.4 Å². The maximum Gasteiger partial charge on any atom is 0.335 e. The fraction of sp³-hybridized carbons (Fsp3) is 0.517. The summed E-state index contributed by atoms with van der Waals surface area (Å²) in [5, 5.41) is 13.4. The number of piperazine rings is 1. The molecule has 218 valence electrons. The SMILES string of the molecule is CCN1CCN(c2cccc3c(O)n(C(CC4CCN(S(=O)(=O)O)CC4)c4ccc(OC)c(OC)c4)cc23)CC1. The molecule has 0 spiro atoms. The maximum atomic E-state index is 11.6. The van der Waals surface area contributed by atoms with Gasteiger partial charge in [0, 0.05) is 61.9 Å². The lowest BCUT2D eigenvalue weighted by atomic mass is 9.88. The zero-order valence-corrected chi connectivity index (χ0v) is 24.3. The van der Waals surface area contributed by atoms with Gasteiger partial charge in [-0.2, -0.15) is 12.7 Å². The van der Waals surface area contributed by atoms with E-state index in [4.69, 9.17) is 9.47 Å². The van der Waals surface area contributed by atoms with Crippen LogP contribution in [0, 0.1) is 5.92 Å². The lowest BCUT2D eigenvalue weighted by Gasteiger charge is -2.35. The molecule has 2 aliphatic rings. The summed E-state index contributed by atoms with van der Waals surface area (Å²) in [6.45, 7) is 7.67. The molecule has 3 heterocycles. The number of anilines is 1. The molecular formula is C29H40N4O6S. The topological polar surface area (TPSA) is 108 Å². The van der Waals surface area contributed by atoms with E-state index in [0.717, 1.165) is 59.1 Å². The molecule has 0 radical (unpaired) electrons. The number of aromatic nitrogens is 1. The minimum absolute atomic E-state index is 0.197. The molecule has 2 fully saturated rings. The third-order valence-electron chi connectivity index (χ3n) is 8.58. The summed E-state index contributed by atoms with van der Waals surface area (Å²) in [4.78, 5) is 4.84. The number of hydrogen-bond donors (Lipinski definition) is 2. The van der Waals surface area contributed by atoms with Crippen LogP contribution in [0.1, 0.15) is 37.8 Å². The molecule has 3 aromatic rings. The van der Waals surface area contributed by atoms with Crippen LogP contribution in [0.4, 0.5) is 5.69 Å². The summed E-state index contributed by atoms with van der Waals surface area (Å²) in [6.07, 6.45) is 3.99. The smallest absolute Gasteiger partial charge is 0.335 e. The minimum Gasteiger partial charge on any atom is -0.494 e. The first-order valence-electron chi connectivity index (χ1n) is 14.0. The Bertz CT molecular complexity index is 1430. The lowest BCUT2D eigenvalue weighted by molar-refractivity contribution is 0.229. The van der Waals surface area contributed by atoms with Crippen molar-refractivity contribution >= 4 is 26.8 Å². The number of rotatable bonds is 9. The highest BCUT2D eigenvalue weighted by Crippen LogP contribution is 2.42. The van der Waals surface area contributed by atoms with Crippen LogP contribution in [0.3, 0.4) is 0 Å². The molecule has 0 aliphatic carbocycles. The molecule has 2 N–H and O–H groups in total. The zero-order chi connectivity index (χ0) is 28.4. The van der Waals surface area contributed by atoms with E-state index in [0.29, 0.717) is 30.8 Å². The minimum atomic E-state index is -4.19. The van der Waals surface area contributed by atoms with Crippen LogP contribution in [0.25, 0.3) is 10.8 Å². The van der Waals surface area contributed by atoms with Gasteiger partial charge in [-0.1, -0.05) is 19.1 Å². The van der Waals surface area contributed by atoms with E-state index in [-0.39, 0.29) is 30.9 Å². The zero-order valence-electron chi connectivity index (χ0n) is 23.5. The summed E-state index contributed by atoms with van der Waals surface area (Å²) in [5.74, 6) is 1.64. The second-order valence-electron chi connectivity index (χ2n) is 10.7. The van der Waals surface area contributed by atoms with Crippen LogP contribution in [0.15, 0.2) is 42.6 Å². The fourth-order valence-electron chi connectivity index (χ4n) is 6.20. The number of benzene rings is 2. The van der Waals surface area contributed by atoms with Crippen LogP contribution in [-0.4, -0.2) is 91.9 Å². The highest BCUT2D eigenvalue weighted by Gasteiger charge is 2.31. The second-order valence-corrected chi connectivity index (χ2v) is 12.1. The number of fused-ring (bicyclic) bond motifs is 1. The van der Waals surface area contributed by atoms with Gasteiger partial charge in [0.15, 0.2) is 17.4 Å². The number of nitrogens with zero attached hydrogens (tertiary/aromatic N) is 4. The predicted octanol–water partition coefficient (Wildman–Crippen LogP) is 4.00. The molecule has 0 amide bonds. The van der Waals surface area contributed by atoms with Gasteiger partial charge < -0.3 is 28.9 Å². The van der Waals surface area contributed by atoms with Crippen LogP contribution < -0.4 is 14.4 Å². The van der Waals surface area contributed by atoms with Crippen molar-refractivity contribution in [2.24, 2.45) is 5.92 Å². The van der Waals surface area contributed by atoms with Crippen molar-refractivity contribution in [1.82, 2.24) is 13.8 Å². The largest absolute Gasteiger partial charge is 0.494 e. The van der Waals surface area contributed by atoms with Gasteiger partial charge in [0.2, 0.25) is 0 Å². The van der Waals surface area contributed by atoms with Crippen molar-refractivity contribution in [3.05, 3.63) is 48.2 Å². The Labute approximate surface area is 236 Å². The van der Waals surface area contributed by atoms with Crippen molar-refractivity contribution in [1.29, 1.82) is 0 Å². The average molecular weight is 573 g/mol. The van der Waals surface area contributed by atoms with Gasteiger partial charge in [-0.25, -0.2) is 0 Å². The molecule has 1 unspecified atom stereocenters. The Kier molecular flexibility index (Phi) is 8.46. The quantitative estimate of drug-likeness (QED) is 0.371. The molecule has 0 saturated carbocycles. The Balaban J connectivity index is 1.52. The number of piperidine rings is 1. The molecule has 5 rings (SSSR count). The fourth-order valence-corrected chi connectivity index (χ4v) is 6.88. The van der Waals surface area contributed by atoms with Crippen LogP contribution in [-0.2, 0) is 10.3 Å². The van der Waals surface area contributed by atoms with Crippen molar-refractivity contribution in [2.45, 2.75) is 32.2 Å². The van der Waals surface area contributed by atoms with Crippen molar-refractivity contribution in [2.75, 3.05) is 64.9 Å². The summed E-state index contributed by atoms with van der Waals surface area (Å²) in [6, 6.07) is 11.7. The second kappa shape index (κ2) is 11.9. The average Bonchev–Trinajstić information content (AvgIpc) is 3.31. The van der Waals surface area contributed by atoms with E-state index >= 15 is 0 Å². The summed E-state index contributed by atoms with van der Waals surface area (Å²) >= 11 is 0. The Morgan fingerprint density at radius 1 is 0.950 bits per heavy atom. The standard InChI is InChI=1S/C29H40N4O6S/c1-4-30-14-16-31(17-15-30)25-7-5-6-23-24(25)20-33(29(23)34)26(22-8-9-27(38-2)28(19-22)39-3)18-21-10-12-32(13-11-21)40(35,36)37/h5-9,19-21,26,34H,4,10-18H2,1-3H3,(H,35,36,37). The lowest BCUT2D eigenvalue weighted by Crippen LogP contribution is -2.46. The number of ether oxygens (including phenoxy) is 2. The van der Waals surface area contributed by atoms with E-state index in [1.807, 2.05) is 34.9 Å². The van der Waals surface area contributed by atoms with Gasteiger partial charge in [-0.3, -0.25) is 4.55 Å². The number of methoxy groups -OCH3 is 2. The molecule has 2 aliphatic heterocycles. The molecular weight excluding hydrogens is 532 g/mol. The van der Waals surface area contributed by atoms with Gasteiger partial charge in [-0.15, -0.1) is 0 Å². The number of aromatic hydroxyl groups is 1. The van der Waals surface area contributed by atoms with Gasteiger partial charge in [0.05, 0.1) is 20.3 Å². The Morgan fingerprint density at radius 2 is 1.65 bits per heavy atom. The maximum absolute atomic E-state index is 11.6. The van der Waals surface area contributed by atoms with Crippen molar-refractivity contribution < 1.29 is 27.6 Å². The Hall–Kier alpha value is -2.99. The molecule has 10 nitrogen and oxygen atoms in total. The molecule has 1 aromatic heterocycles. The third-order valence-corrected chi connectivity index (χ3v) is 9.60. The van der Waals surface area contributed by atoms with E-state index in [9.17, 15) is 18.1 Å². The van der Waals surface area contributed by atoms with E-state index in [1.165, 1.54) is 0 Å². The predicted molar refractivity (Wildman–Crippen MR) is 156 cm³/mol. The first-order chi connectivity index (χ1) is 19.2.